The largest absolute Gasteiger partial charge is 0 e. The summed E-state index contributed by atoms with van der Waals surface area (Å²) in [7, 11) is -4.56. The Bertz CT molecular complexity index is 462. The van der Waals surface area contributed by atoms with Crippen LogP contribution < -0.4 is 4.18 Å². The molecule has 0 unspecified atom stereocenters. The van der Waals surface area contributed by atoms with E-state index in [0.717, 1.165) is 0 Å². The molecule has 0 saturated heterocycles. The van der Waals surface area contributed by atoms with Crippen molar-refractivity contribution in [2.75, 3.05) is 0 Å². The topological polar surface area (TPSA) is 143 Å². The summed E-state index contributed by atoms with van der Waals surface area (Å²) in [6, 6.07) is 5.40. The molecule has 17 heavy (non-hydrogen) atoms. The second kappa shape index (κ2) is 10.8. The molecule has 0 fully saturated rings. The van der Waals surface area contributed by atoms with E-state index in [4.69, 9.17) is 20.7 Å². The Kier molecular flexibility index (Phi) is 13.9. The molecule has 0 amide bonds. The van der Waals surface area contributed by atoms with Gasteiger partial charge in [-0.05, 0) is 12.1 Å². The summed E-state index contributed by atoms with van der Waals surface area (Å²) in [5.74, 6) is -0.657. The van der Waals surface area contributed by atoms with E-state index in [1.165, 1.54) is 29.2 Å². The normalized spacial score (nSPS) is 8.29. The van der Waals surface area contributed by atoms with Crippen LogP contribution in [0, 0.1) is 0 Å². The van der Waals surface area contributed by atoms with Crippen molar-refractivity contribution in [3.05, 3.63) is 40.2 Å². The minimum Gasteiger partial charge on any atom is 0 e. The number of hydrogen-bond acceptors (Lipinski definition) is 4. The number of hydrogen-bond donors (Lipinski definition) is 2. The third-order valence-electron chi connectivity index (χ3n) is 1.06. The average Bonchev–Trinajstić information content (AvgIpc) is 2.08. The number of rotatable bonds is 2. The third kappa shape index (κ3) is 11.9. The van der Waals surface area contributed by atoms with Gasteiger partial charge in [0.15, 0.2) is 11.5 Å². The van der Waals surface area contributed by atoms with Gasteiger partial charge in [0, 0.05) is 19.5 Å². The molecule has 1 aromatic carbocycles. The molecule has 0 aliphatic rings. The Morgan fingerprint density at radius 3 is 2.00 bits per heavy atom. The van der Waals surface area contributed by atoms with Crippen molar-refractivity contribution in [3.63, 3.8) is 0 Å². The molecular formula is C6H7N3NaO5SZn-. The van der Waals surface area contributed by atoms with Crippen LogP contribution in [0.15, 0.2) is 24.3 Å². The predicted octanol–water partition coefficient (Wildman–Crippen LogP) is 0.789. The molecule has 0 aliphatic carbocycles. The zero-order chi connectivity index (χ0) is 11.9. The van der Waals surface area contributed by atoms with Crippen LogP contribution in [0.4, 0.5) is 0 Å². The summed E-state index contributed by atoms with van der Waals surface area (Å²) in [4.78, 5) is 1.50. The van der Waals surface area contributed by atoms with Gasteiger partial charge >= 0.3 is 40.0 Å². The molecule has 0 saturated carbocycles. The molecule has 1 aromatic rings. The van der Waals surface area contributed by atoms with Gasteiger partial charge in [-0.3, -0.25) is 9.46 Å². The first kappa shape index (κ1) is 21.9. The van der Waals surface area contributed by atoms with Crippen molar-refractivity contribution >= 4 is 40.0 Å². The molecule has 11 heteroatoms. The molecule has 0 heterocycles. The van der Waals surface area contributed by atoms with Gasteiger partial charge in [-0.15, -0.1) is 0 Å². The van der Waals surface area contributed by atoms with E-state index >= 15 is 0 Å². The monoisotopic (exact) mass is 320 g/mol. The molecule has 8 nitrogen and oxygen atoms in total. The van der Waals surface area contributed by atoms with Gasteiger partial charge < -0.3 is 20.4 Å². The van der Waals surface area contributed by atoms with Crippen LogP contribution in [0.25, 0.3) is 16.0 Å². The van der Waals surface area contributed by atoms with Crippen molar-refractivity contribution in [1.82, 2.24) is 0 Å². The van der Waals surface area contributed by atoms with Crippen LogP contribution in [-0.2, 0) is 29.9 Å². The molecule has 0 atom stereocenters. The standard InChI is InChI=1S/C6H6O5S.N3.Na.Zn.H/c7-5-3-1-2-4-6(5)11-12(8,9)10;1-3-2;;;/h1-4,7H,(H,8,9,10);;;;/q;-1;;;. The van der Waals surface area contributed by atoms with Crippen molar-refractivity contribution in [2.45, 2.75) is 0 Å². The molecule has 86 valence electrons. The maximum atomic E-state index is 10.2. The van der Waals surface area contributed by atoms with Crippen molar-refractivity contribution in [1.29, 1.82) is 0 Å². The third-order valence-corrected chi connectivity index (χ3v) is 1.45. The number of phenols is 1. The number of nitrogens with zero attached hydrogens (tertiary/aromatic N) is 3. The summed E-state index contributed by atoms with van der Waals surface area (Å²) in [5.41, 5.74) is 13.5. The number of benzene rings is 1. The van der Waals surface area contributed by atoms with Crippen LogP contribution in [0.3, 0.4) is 0 Å². The fourth-order valence-corrected chi connectivity index (χ4v) is 1.01. The van der Waals surface area contributed by atoms with Gasteiger partial charge in [-0.2, -0.15) is 8.42 Å². The smallest absolute Gasteiger partial charge is 0 e. The summed E-state index contributed by atoms with van der Waals surface area (Å²) >= 11 is 0. The molecule has 1 rings (SSSR count). The van der Waals surface area contributed by atoms with E-state index in [0.29, 0.717) is 0 Å². The van der Waals surface area contributed by atoms with Crippen molar-refractivity contribution < 1.29 is 41.7 Å². The molecular weight excluding hydrogens is 315 g/mol. The molecule has 0 aromatic heterocycles. The van der Waals surface area contributed by atoms with E-state index in [9.17, 15) is 8.42 Å². The molecule has 0 radical (unpaired) electrons. The van der Waals surface area contributed by atoms with E-state index < -0.39 is 10.4 Å². The van der Waals surface area contributed by atoms with Crippen LogP contribution in [0.5, 0.6) is 11.5 Å². The Hall–Kier alpha value is -0.337. The van der Waals surface area contributed by atoms with E-state index in [1.807, 2.05) is 0 Å². The number of phenolic OH excluding ortho intramolecular Hbond substituents is 1. The first-order chi connectivity index (χ1) is 6.90. The predicted molar refractivity (Wildman–Crippen MR) is 57.5 cm³/mol. The minimum atomic E-state index is -4.56. The quantitative estimate of drug-likeness (QED) is 0.272. The van der Waals surface area contributed by atoms with E-state index in [1.54, 1.807) is 0 Å². The van der Waals surface area contributed by atoms with Crippen LogP contribution >= 0.6 is 0 Å². The molecule has 0 aliphatic heterocycles. The van der Waals surface area contributed by atoms with Gasteiger partial charge in [0.05, 0.1) is 0 Å². The fraction of sp³-hybridized carbons (Fsp3) is 0. The summed E-state index contributed by atoms with van der Waals surface area (Å²) in [6.45, 7) is 0. The van der Waals surface area contributed by atoms with Crippen molar-refractivity contribution in [2.24, 2.45) is 0 Å². The van der Waals surface area contributed by atoms with E-state index in [-0.39, 0.29) is 60.5 Å². The maximum absolute atomic E-state index is 10.2. The first-order valence-electron chi connectivity index (χ1n) is 3.34. The Balaban J connectivity index is -0.000000356. The van der Waals surface area contributed by atoms with Gasteiger partial charge in [0.25, 0.3) is 0 Å². The average molecular weight is 322 g/mol. The molecule has 0 bridgehead atoms. The van der Waals surface area contributed by atoms with Crippen LogP contribution in [-0.4, -0.2) is 47.6 Å². The van der Waals surface area contributed by atoms with Gasteiger partial charge in [0.1, 0.15) is 0 Å². The zero-order valence-corrected chi connectivity index (χ0v) is 11.7. The molecule has 2 N–H and O–H groups in total. The Morgan fingerprint density at radius 1 is 1.24 bits per heavy atom. The number of para-hydroxylation sites is 2. The SMILES string of the molecule is O=S(=O)(O)Oc1ccccc1O.[N-]=[N+]=[N-].[NaH].[Zn]. The van der Waals surface area contributed by atoms with Crippen molar-refractivity contribution in [3.8, 4) is 11.5 Å². The maximum Gasteiger partial charge on any atom is 0 e. The second-order valence-electron chi connectivity index (χ2n) is 2.07. The fourth-order valence-electron chi connectivity index (χ4n) is 0.641. The second-order valence-corrected chi connectivity index (χ2v) is 3.09. The molecule has 0 spiro atoms. The Morgan fingerprint density at radius 2 is 1.65 bits per heavy atom. The summed E-state index contributed by atoms with van der Waals surface area (Å²) < 4.78 is 32.6. The summed E-state index contributed by atoms with van der Waals surface area (Å²) in [5, 5.41) is 8.97. The van der Waals surface area contributed by atoms with Gasteiger partial charge in [-0.25, -0.2) is 0 Å². The Labute approximate surface area is 132 Å². The zero-order valence-electron chi connectivity index (χ0n) is 7.89. The number of aromatic hydroxyl groups is 1. The van der Waals surface area contributed by atoms with Crippen LogP contribution in [0.1, 0.15) is 0 Å². The van der Waals surface area contributed by atoms with E-state index in [2.05, 4.69) is 4.18 Å². The first-order valence-corrected chi connectivity index (χ1v) is 4.70. The van der Waals surface area contributed by atoms with Gasteiger partial charge in [0.2, 0.25) is 0 Å². The van der Waals surface area contributed by atoms with Crippen LogP contribution in [0.2, 0.25) is 0 Å². The van der Waals surface area contributed by atoms with Gasteiger partial charge in [-0.1, -0.05) is 12.1 Å². The summed E-state index contributed by atoms with van der Waals surface area (Å²) in [6.07, 6.45) is 0. The minimum absolute atomic E-state index is 0.